The van der Waals surface area contributed by atoms with Crippen LogP contribution >= 0.6 is 15.9 Å². The quantitative estimate of drug-likeness (QED) is 0.926. The number of rotatable bonds is 3. The van der Waals surface area contributed by atoms with Gasteiger partial charge in [0, 0.05) is 35.8 Å². The largest absolute Gasteiger partial charge is 0.381 e. The topological polar surface area (TPSA) is 21.3 Å². The minimum atomic E-state index is -0.151. The molecule has 1 heterocycles. The van der Waals surface area contributed by atoms with E-state index in [1.807, 2.05) is 13.0 Å². The van der Waals surface area contributed by atoms with Gasteiger partial charge in [-0.3, -0.25) is 0 Å². The summed E-state index contributed by atoms with van der Waals surface area (Å²) in [7, 11) is 0. The van der Waals surface area contributed by atoms with Crippen molar-refractivity contribution in [2.24, 2.45) is 0 Å². The second-order valence-corrected chi connectivity index (χ2v) is 5.31. The van der Waals surface area contributed by atoms with E-state index >= 15 is 0 Å². The first-order valence-electron chi connectivity index (χ1n) is 5.92. The van der Waals surface area contributed by atoms with Gasteiger partial charge in [-0.15, -0.1) is 0 Å². The molecule has 0 unspecified atom stereocenters. The fourth-order valence-corrected chi connectivity index (χ4v) is 2.32. The lowest BCUT2D eigenvalue weighted by Crippen LogP contribution is -2.34. The van der Waals surface area contributed by atoms with E-state index in [1.54, 1.807) is 0 Å². The third-order valence-corrected chi connectivity index (χ3v) is 3.98. The highest BCUT2D eigenvalue weighted by Crippen LogP contribution is 2.20. The van der Waals surface area contributed by atoms with Gasteiger partial charge in [0.25, 0.3) is 0 Å². The Kier molecular flexibility index (Phi) is 4.54. The maximum Gasteiger partial charge on any atom is 0.128 e. The average Bonchev–Trinajstić information content (AvgIpc) is 2.33. The molecule has 1 fully saturated rings. The van der Waals surface area contributed by atoms with Crippen LogP contribution in [0.2, 0.25) is 0 Å². The first-order chi connectivity index (χ1) is 8.16. The fraction of sp³-hybridized carbons (Fsp3) is 0.538. The average molecular weight is 302 g/mol. The molecule has 0 amide bonds. The van der Waals surface area contributed by atoms with Crippen LogP contribution in [0.3, 0.4) is 0 Å². The number of ether oxygens (including phenoxy) is 1. The Morgan fingerprint density at radius 2 is 2.12 bits per heavy atom. The number of halogens is 2. The summed E-state index contributed by atoms with van der Waals surface area (Å²) < 4.78 is 19.8. The van der Waals surface area contributed by atoms with Crippen LogP contribution in [-0.4, -0.2) is 19.3 Å². The van der Waals surface area contributed by atoms with Gasteiger partial charge in [0.15, 0.2) is 0 Å². The lowest BCUT2D eigenvalue weighted by Gasteiger charge is -2.23. The van der Waals surface area contributed by atoms with Gasteiger partial charge in [-0.05, 0) is 31.4 Å². The first kappa shape index (κ1) is 13.0. The summed E-state index contributed by atoms with van der Waals surface area (Å²) in [5.41, 5.74) is 1.80. The fourth-order valence-electron chi connectivity index (χ4n) is 2.01. The lowest BCUT2D eigenvalue weighted by molar-refractivity contribution is 0.0775. The molecule has 0 bridgehead atoms. The maximum absolute atomic E-state index is 13.7. The van der Waals surface area contributed by atoms with Crippen molar-refractivity contribution in [3.05, 3.63) is 33.5 Å². The zero-order chi connectivity index (χ0) is 12.3. The number of benzene rings is 1. The summed E-state index contributed by atoms with van der Waals surface area (Å²) in [4.78, 5) is 0. The standard InChI is InChI=1S/C13H17BrFNO/c1-9-6-10(13(15)7-12(9)14)8-16-11-2-4-17-5-3-11/h6-7,11,16H,2-5,8H2,1H3. The van der Waals surface area contributed by atoms with Crippen LogP contribution in [-0.2, 0) is 11.3 Å². The molecular formula is C13H17BrFNO. The number of nitrogens with one attached hydrogen (secondary N) is 1. The Morgan fingerprint density at radius 1 is 1.41 bits per heavy atom. The van der Waals surface area contributed by atoms with Gasteiger partial charge in [-0.25, -0.2) is 4.39 Å². The molecule has 94 valence electrons. The van der Waals surface area contributed by atoms with Crippen LogP contribution in [0.15, 0.2) is 16.6 Å². The highest BCUT2D eigenvalue weighted by atomic mass is 79.9. The molecule has 1 saturated heterocycles. The van der Waals surface area contributed by atoms with Crippen molar-refractivity contribution in [3.63, 3.8) is 0 Å². The zero-order valence-electron chi connectivity index (χ0n) is 9.93. The molecular weight excluding hydrogens is 285 g/mol. The van der Waals surface area contributed by atoms with Crippen LogP contribution in [0.5, 0.6) is 0 Å². The van der Waals surface area contributed by atoms with Crippen LogP contribution in [0.25, 0.3) is 0 Å². The van der Waals surface area contributed by atoms with Crippen molar-refractivity contribution in [1.82, 2.24) is 5.32 Å². The number of aryl methyl sites for hydroxylation is 1. The van der Waals surface area contributed by atoms with E-state index in [-0.39, 0.29) is 5.82 Å². The second-order valence-electron chi connectivity index (χ2n) is 4.46. The van der Waals surface area contributed by atoms with Gasteiger partial charge in [-0.1, -0.05) is 22.0 Å². The second kappa shape index (κ2) is 5.94. The Labute approximate surface area is 110 Å². The van der Waals surface area contributed by atoms with Crippen molar-refractivity contribution in [2.75, 3.05) is 13.2 Å². The van der Waals surface area contributed by atoms with E-state index in [1.165, 1.54) is 6.07 Å². The summed E-state index contributed by atoms with van der Waals surface area (Å²) in [6.45, 7) is 4.17. The Bertz CT molecular complexity index is 391. The van der Waals surface area contributed by atoms with Gasteiger partial charge in [0.2, 0.25) is 0 Å². The molecule has 0 aromatic heterocycles. The minimum absolute atomic E-state index is 0.151. The van der Waals surface area contributed by atoms with Gasteiger partial charge in [0.1, 0.15) is 5.82 Å². The molecule has 0 atom stereocenters. The summed E-state index contributed by atoms with van der Waals surface area (Å²) in [6.07, 6.45) is 2.02. The van der Waals surface area contributed by atoms with Gasteiger partial charge >= 0.3 is 0 Å². The molecule has 1 aromatic carbocycles. The molecule has 1 aromatic rings. The molecule has 17 heavy (non-hydrogen) atoms. The maximum atomic E-state index is 13.7. The van der Waals surface area contributed by atoms with E-state index < -0.39 is 0 Å². The molecule has 1 N–H and O–H groups in total. The van der Waals surface area contributed by atoms with Crippen molar-refractivity contribution in [1.29, 1.82) is 0 Å². The normalized spacial score (nSPS) is 17.4. The predicted molar refractivity (Wildman–Crippen MR) is 69.5 cm³/mol. The molecule has 0 spiro atoms. The highest BCUT2D eigenvalue weighted by Gasteiger charge is 2.14. The number of hydrogen-bond acceptors (Lipinski definition) is 2. The van der Waals surface area contributed by atoms with E-state index in [0.717, 1.165) is 41.7 Å². The predicted octanol–water partition coefficient (Wildman–Crippen LogP) is 3.17. The van der Waals surface area contributed by atoms with Gasteiger partial charge in [0.05, 0.1) is 0 Å². The SMILES string of the molecule is Cc1cc(CNC2CCOCC2)c(F)cc1Br. The third kappa shape index (κ3) is 3.50. The third-order valence-electron chi connectivity index (χ3n) is 3.13. The molecule has 4 heteroatoms. The van der Waals surface area contributed by atoms with E-state index in [0.29, 0.717) is 12.6 Å². The Hall–Kier alpha value is -0.450. The number of hydrogen-bond donors (Lipinski definition) is 1. The molecule has 1 aliphatic rings. The molecule has 0 aliphatic carbocycles. The summed E-state index contributed by atoms with van der Waals surface area (Å²) in [5.74, 6) is -0.151. The van der Waals surface area contributed by atoms with Crippen LogP contribution in [0, 0.1) is 12.7 Å². The van der Waals surface area contributed by atoms with E-state index in [9.17, 15) is 4.39 Å². The van der Waals surface area contributed by atoms with Gasteiger partial charge in [-0.2, -0.15) is 0 Å². The molecule has 2 nitrogen and oxygen atoms in total. The molecule has 2 rings (SSSR count). The van der Waals surface area contributed by atoms with E-state index in [2.05, 4.69) is 21.2 Å². The van der Waals surface area contributed by atoms with Crippen LogP contribution < -0.4 is 5.32 Å². The summed E-state index contributed by atoms with van der Waals surface area (Å²) in [5, 5.41) is 3.39. The van der Waals surface area contributed by atoms with Crippen molar-refractivity contribution >= 4 is 15.9 Å². The van der Waals surface area contributed by atoms with Crippen molar-refractivity contribution in [2.45, 2.75) is 32.4 Å². The smallest absolute Gasteiger partial charge is 0.128 e. The van der Waals surface area contributed by atoms with Gasteiger partial charge < -0.3 is 10.1 Å². The summed E-state index contributed by atoms with van der Waals surface area (Å²) in [6, 6.07) is 3.88. The Morgan fingerprint density at radius 3 is 2.82 bits per heavy atom. The Balaban J connectivity index is 1.96. The first-order valence-corrected chi connectivity index (χ1v) is 6.72. The lowest BCUT2D eigenvalue weighted by atomic mass is 10.1. The van der Waals surface area contributed by atoms with Crippen molar-refractivity contribution in [3.8, 4) is 0 Å². The molecule has 0 radical (unpaired) electrons. The van der Waals surface area contributed by atoms with Crippen LogP contribution in [0.1, 0.15) is 24.0 Å². The molecule has 0 saturated carbocycles. The van der Waals surface area contributed by atoms with E-state index in [4.69, 9.17) is 4.74 Å². The van der Waals surface area contributed by atoms with Crippen molar-refractivity contribution < 1.29 is 9.13 Å². The highest BCUT2D eigenvalue weighted by molar-refractivity contribution is 9.10. The minimum Gasteiger partial charge on any atom is -0.381 e. The summed E-state index contributed by atoms with van der Waals surface area (Å²) >= 11 is 3.33. The zero-order valence-corrected chi connectivity index (χ0v) is 11.5. The van der Waals surface area contributed by atoms with Crippen LogP contribution in [0.4, 0.5) is 4.39 Å². The monoisotopic (exact) mass is 301 g/mol. The molecule has 1 aliphatic heterocycles.